The first kappa shape index (κ1) is 16.3. The maximum absolute atomic E-state index is 12.9. The summed E-state index contributed by atoms with van der Waals surface area (Å²) in [6.45, 7) is 4.31. The summed E-state index contributed by atoms with van der Waals surface area (Å²) in [7, 11) is 0. The minimum atomic E-state index is -0.597. The lowest BCUT2D eigenvalue weighted by molar-refractivity contribution is 0.0651. The number of aryl methyl sites for hydroxylation is 1. The van der Waals surface area contributed by atoms with E-state index in [1.54, 1.807) is 11.8 Å². The Hall–Kier alpha value is -2.19. The van der Waals surface area contributed by atoms with Gasteiger partial charge in [-0.15, -0.1) is 0 Å². The summed E-state index contributed by atoms with van der Waals surface area (Å²) in [5, 5.41) is 14.1. The normalized spacial score (nSPS) is 22.2. The summed E-state index contributed by atoms with van der Waals surface area (Å²) in [4.78, 5) is 20.9. The second-order valence-electron chi connectivity index (χ2n) is 6.91. The fourth-order valence-electron chi connectivity index (χ4n) is 3.39. The van der Waals surface area contributed by atoms with Gasteiger partial charge >= 0.3 is 0 Å². The van der Waals surface area contributed by atoms with Crippen LogP contribution in [0.25, 0.3) is 0 Å². The predicted molar refractivity (Wildman–Crippen MR) is 88.9 cm³/mol. The lowest BCUT2D eigenvalue weighted by Crippen LogP contribution is -2.38. The molecule has 2 aliphatic rings. The quantitative estimate of drug-likeness (QED) is 0.883. The van der Waals surface area contributed by atoms with E-state index in [2.05, 4.69) is 14.7 Å². The van der Waals surface area contributed by atoms with E-state index in [1.807, 2.05) is 23.2 Å². The maximum atomic E-state index is 12.9. The molecule has 4 rings (SSSR count). The van der Waals surface area contributed by atoms with E-state index < -0.39 is 6.10 Å². The zero-order valence-electron chi connectivity index (χ0n) is 14.3. The molecule has 1 amide bonds. The van der Waals surface area contributed by atoms with Gasteiger partial charge in [0.2, 0.25) is 5.89 Å². The van der Waals surface area contributed by atoms with Crippen LogP contribution in [-0.4, -0.2) is 67.8 Å². The molecule has 1 saturated carbocycles. The van der Waals surface area contributed by atoms with E-state index in [0.29, 0.717) is 50.5 Å². The summed E-state index contributed by atoms with van der Waals surface area (Å²) >= 11 is 0. The fourth-order valence-corrected chi connectivity index (χ4v) is 3.39. The monoisotopic (exact) mass is 345 g/mol. The zero-order chi connectivity index (χ0) is 17.4. The lowest BCUT2D eigenvalue weighted by atomic mass is 10.3. The molecule has 8 heteroatoms. The molecule has 0 spiro atoms. The van der Waals surface area contributed by atoms with Crippen LogP contribution in [0, 0.1) is 6.92 Å². The Morgan fingerprint density at radius 3 is 2.92 bits per heavy atom. The van der Waals surface area contributed by atoms with Gasteiger partial charge in [0.25, 0.3) is 5.91 Å². The van der Waals surface area contributed by atoms with Crippen molar-refractivity contribution in [2.45, 2.75) is 38.5 Å². The smallest absolute Gasteiger partial charge is 0.270 e. The molecular formula is C17H23N5O3. The van der Waals surface area contributed by atoms with Crippen molar-refractivity contribution in [3.63, 3.8) is 0 Å². The van der Waals surface area contributed by atoms with E-state index in [-0.39, 0.29) is 5.91 Å². The molecule has 1 atom stereocenters. The van der Waals surface area contributed by atoms with Crippen molar-refractivity contribution in [3.05, 3.63) is 35.7 Å². The van der Waals surface area contributed by atoms with Crippen molar-refractivity contribution in [1.82, 2.24) is 24.5 Å². The van der Waals surface area contributed by atoms with Crippen LogP contribution in [-0.2, 0) is 6.54 Å². The van der Waals surface area contributed by atoms with Crippen LogP contribution < -0.4 is 0 Å². The fraction of sp³-hybridized carbons (Fsp3) is 0.588. The number of rotatable bonds is 4. The molecule has 2 fully saturated rings. The maximum Gasteiger partial charge on any atom is 0.270 e. The van der Waals surface area contributed by atoms with Gasteiger partial charge in [0, 0.05) is 38.4 Å². The highest BCUT2D eigenvalue weighted by Crippen LogP contribution is 2.36. The minimum Gasteiger partial charge on any atom is -0.390 e. The van der Waals surface area contributed by atoms with E-state index in [9.17, 15) is 9.90 Å². The number of hydrogen-bond acceptors (Lipinski definition) is 6. The van der Waals surface area contributed by atoms with Gasteiger partial charge in [0.15, 0.2) is 5.82 Å². The molecule has 1 aliphatic heterocycles. The van der Waals surface area contributed by atoms with Gasteiger partial charge in [-0.25, -0.2) is 0 Å². The number of amides is 1. The summed E-state index contributed by atoms with van der Waals surface area (Å²) in [5.41, 5.74) is 0.718. The number of carbonyl (C=O) groups is 1. The van der Waals surface area contributed by atoms with Crippen LogP contribution in [0.15, 0.2) is 22.9 Å². The second kappa shape index (κ2) is 6.61. The highest BCUT2D eigenvalue weighted by atomic mass is 16.5. The number of aliphatic hydroxyl groups excluding tert-OH is 1. The molecule has 134 valence electrons. The molecule has 0 bridgehead atoms. The molecule has 1 saturated heterocycles. The van der Waals surface area contributed by atoms with Crippen molar-refractivity contribution < 1.29 is 14.4 Å². The Kier molecular flexibility index (Phi) is 4.30. The third-order valence-corrected chi connectivity index (χ3v) is 4.74. The third kappa shape index (κ3) is 3.59. The number of β-amino-alcohol motifs (C(OH)–C–C–N with tert-alkyl or cyclic N) is 1. The molecule has 0 unspecified atom stereocenters. The molecule has 3 heterocycles. The van der Waals surface area contributed by atoms with Gasteiger partial charge in [0.05, 0.1) is 12.6 Å². The second-order valence-corrected chi connectivity index (χ2v) is 6.91. The van der Waals surface area contributed by atoms with Gasteiger partial charge < -0.3 is 19.1 Å². The van der Waals surface area contributed by atoms with Crippen molar-refractivity contribution in [3.8, 4) is 0 Å². The summed E-state index contributed by atoms with van der Waals surface area (Å²) in [6.07, 6.45) is 3.65. The van der Waals surface area contributed by atoms with E-state index in [4.69, 9.17) is 4.52 Å². The minimum absolute atomic E-state index is 0.00793. The molecule has 0 aromatic carbocycles. The lowest BCUT2D eigenvalue weighted by Gasteiger charge is -2.22. The van der Waals surface area contributed by atoms with Crippen LogP contribution in [0.1, 0.15) is 41.1 Å². The summed E-state index contributed by atoms with van der Waals surface area (Å²) in [5.74, 6) is 1.13. The van der Waals surface area contributed by atoms with Crippen molar-refractivity contribution in [2.24, 2.45) is 0 Å². The van der Waals surface area contributed by atoms with Gasteiger partial charge in [-0.2, -0.15) is 4.98 Å². The van der Waals surface area contributed by atoms with Crippen molar-refractivity contribution in [1.29, 1.82) is 0 Å². The third-order valence-electron chi connectivity index (χ3n) is 4.74. The largest absolute Gasteiger partial charge is 0.390 e. The Bertz CT molecular complexity index is 751. The molecule has 2 aromatic heterocycles. The topological polar surface area (TPSA) is 87.6 Å². The first-order valence-corrected chi connectivity index (χ1v) is 8.76. The first-order chi connectivity index (χ1) is 12.1. The highest BCUT2D eigenvalue weighted by Gasteiger charge is 2.31. The van der Waals surface area contributed by atoms with E-state index in [1.165, 1.54) is 0 Å². The summed E-state index contributed by atoms with van der Waals surface area (Å²) < 4.78 is 7.23. The van der Waals surface area contributed by atoms with Crippen LogP contribution in [0.4, 0.5) is 0 Å². The van der Waals surface area contributed by atoms with Gasteiger partial charge in [-0.1, -0.05) is 5.16 Å². The number of carbonyl (C=O) groups excluding carboxylic acids is 1. The van der Waals surface area contributed by atoms with Crippen molar-refractivity contribution >= 4 is 5.91 Å². The number of aliphatic hydroxyl groups is 1. The number of aromatic nitrogens is 3. The molecule has 1 N–H and O–H groups in total. The Balaban J connectivity index is 1.43. The number of hydrogen-bond donors (Lipinski definition) is 1. The standard InChI is InChI=1S/C17H23N5O3/c1-12-18-16(25-19-12)11-20-7-8-21(10-14(23)9-20)17(24)15-3-2-6-22(15)13-4-5-13/h2-3,6,13-14,23H,4-5,7-11H2,1H3/t14-/m1/s1. The molecule has 0 radical (unpaired) electrons. The Morgan fingerprint density at radius 1 is 1.36 bits per heavy atom. The molecule has 2 aromatic rings. The Labute approximate surface area is 146 Å². The average molecular weight is 345 g/mol. The van der Waals surface area contributed by atoms with Gasteiger partial charge in [0.1, 0.15) is 5.69 Å². The highest BCUT2D eigenvalue weighted by molar-refractivity contribution is 5.93. The van der Waals surface area contributed by atoms with Crippen molar-refractivity contribution in [2.75, 3.05) is 26.2 Å². The van der Waals surface area contributed by atoms with Crippen LogP contribution >= 0.6 is 0 Å². The van der Waals surface area contributed by atoms with Gasteiger partial charge in [-0.3, -0.25) is 9.69 Å². The van der Waals surface area contributed by atoms with E-state index in [0.717, 1.165) is 18.5 Å². The SMILES string of the molecule is Cc1noc(CN2CCN(C(=O)c3cccn3C3CC3)C[C@H](O)C2)n1. The van der Waals surface area contributed by atoms with Crippen LogP contribution in [0.2, 0.25) is 0 Å². The zero-order valence-corrected chi connectivity index (χ0v) is 14.3. The number of nitrogens with zero attached hydrogens (tertiary/aromatic N) is 5. The molecule has 1 aliphatic carbocycles. The van der Waals surface area contributed by atoms with Crippen LogP contribution in [0.3, 0.4) is 0 Å². The average Bonchev–Trinajstić information content (AvgIpc) is 3.22. The molecule has 25 heavy (non-hydrogen) atoms. The Morgan fingerprint density at radius 2 is 2.20 bits per heavy atom. The predicted octanol–water partition coefficient (Wildman–Crippen LogP) is 0.833. The molecular weight excluding hydrogens is 322 g/mol. The van der Waals surface area contributed by atoms with E-state index >= 15 is 0 Å². The van der Waals surface area contributed by atoms with Crippen LogP contribution in [0.5, 0.6) is 0 Å². The first-order valence-electron chi connectivity index (χ1n) is 8.76. The summed E-state index contributed by atoms with van der Waals surface area (Å²) in [6, 6.07) is 4.25. The van der Waals surface area contributed by atoms with Gasteiger partial charge in [-0.05, 0) is 31.9 Å². The molecule has 8 nitrogen and oxygen atoms in total.